The maximum absolute atomic E-state index is 9.74. The Labute approximate surface area is 120 Å². The highest BCUT2D eigenvalue weighted by atomic mass is 32.2. The fourth-order valence-electron chi connectivity index (χ4n) is 1.60. The Morgan fingerprint density at radius 3 is 2.53 bits per heavy atom. The molecule has 0 aromatic heterocycles. The summed E-state index contributed by atoms with van der Waals surface area (Å²) in [4.78, 5) is 0. The number of ether oxygens (including phenoxy) is 1. The molecule has 1 rings (SSSR count). The lowest BCUT2D eigenvalue weighted by atomic mass is 10.2. The molecule has 0 aliphatic heterocycles. The van der Waals surface area contributed by atoms with E-state index < -0.39 is 6.10 Å². The van der Waals surface area contributed by atoms with E-state index in [0.717, 1.165) is 17.9 Å². The van der Waals surface area contributed by atoms with E-state index >= 15 is 0 Å². The number of rotatable bonds is 9. The molecule has 1 unspecified atom stereocenters. The van der Waals surface area contributed by atoms with Crippen LogP contribution in [0.3, 0.4) is 0 Å². The smallest absolute Gasteiger partial charge is 0.119 e. The average molecular weight is 283 g/mol. The quantitative estimate of drug-likeness (QED) is 0.730. The Bertz CT molecular complexity index is 341. The molecule has 2 N–H and O–H groups in total. The molecule has 0 saturated heterocycles. The summed E-state index contributed by atoms with van der Waals surface area (Å²) in [6.07, 6.45) is 2.73. The minimum Gasteiger partial charge on any atom is -0.491 e. The molecule has 0 heterocycles. The predicted octanol–water partition coefficient (Wildman–Crippen LogP) is 2.33. The Kier molecular flexibility index (Phi) is 7.94. The largest absolute Gasteiger partial charge is 0.491 e. The molecule has 0 radical (unpaired) electrons. The molecule has 0 saturated carbocycles. The first-order chi connectivity index (χ1) is 9.11. The van der Waals surface area contributed by atoms with Gasteiger partial charge in [-0.25, -0.2) is 0 Å². The van der Waals surface area contributed by atoms with Crippen LogP contribution in [0.4, 0.5) is 0 Å². The molecule has 4 heteroatoms. The average Bonchev–Trinajstić information content (AvgIpc) is 2.41. The summed E-state index contributed by atoms with van der Waals surface area (Å²) >= 11 is 1.85. The highest BCUT2D eigenvalue weighted by Crippen LogP contribution is 2.13. The van der Waals surface area contributed by atoms with Crippen LogP contribution >= 0.6 is 11.8 Å². The van der Waals surface area contributed by atoms with Crippen LogP contribution in [-0.4, -0.2) is 42.4 Å². The SMILES string of the molecule is CSCCc1ccc(OCC(O)CNC(C)C)cc1. The monoisotopic (exact) mass is 283 g/mol. The second-order valence-corrected chi connectivity index (χ2v) is 5.90. The van der Waals surface area contributed by atoms with Crippen LogP contribution in [0.2, 0.25) is 0 Å². The van der Waals surface area contributed by atoms with E-state index in [1.54, 1.807) is 0 Å². The zero-order valence-corrected chi connectivity index (χ0v) is 12.9. The molecule has 19 heavy (non-hydrogen) atoms. The van der Waals surface area contributed by atoms with Gasteiger partial charge in [0.25, 0.3) is 0 Å². The van der Waals surface area contributed by atoms with E-state index in [1.165, 1.54) is 5.56 Å². The van der Waals surface area contributed by atoms with Crippen LogP contribution in [-0.2, 0) is 6.42 Å². The zero-order chi connectivity index (χ0) is 14.1. The molecule has 0 fully saturated rings. The molecule has 0 bridgehead atoms. The van der Waals surface area contributed by atoms with Crippen molar-refractivity contribution in [1.29, 1.82) is 0 Å². The van der Waals surface area contributed by atoms with Gasteiger partial charge in [0.05, 0.1) is 0 Å². The van der Waals surface area contributed by atoms with Crippen molar-refractivity contribution in [2.75, 3.05) is 25.2 Å². The second-order valence-electron chi connectivity index (χ2n) is 4.91. The van der Waals surface area contributed by atoms with Gasteiger partial charge in [-0.3, -0.25) is 0 Å². The lowest BCUT2D eigenvalue weighted by Gasteiger charge is -2.15. The maximum atomic E-state index is 9.74. The zero-order valence-electron chi connectivity index (χ0n) is 12.1. The Balaban J connectivity index is 2.29. The van der Waals surface area contributed by atoms with E-state index in [2.05, 4.69) is 37.6 Å². The second kappa shape index (κ2) is 9.23. The minimum atomic E-state index is -0.474. The predicted molar refractivity (Wildman–Crippen MR) is 83.2 cm³/mol. The summed E-state index contributed by atoms with van der Waals surface area (Å²) in [6, 6.07) is 8.50. The van der Waals surface area contributed by atoms with Crippen LogP contribution in [0.5, 0.6) is 5.75 Å². The summed E-state index contributed by atoms with van der Waals surface area (Å²) < 4.78 is 5.56. The Hall–Kier alpha value is -0.710. The van der Waals surface area contributed by atoms with Gasteiger partial charge in [0, 0.05) is 12.6 Å². The maximum Gasteiger partial charge on any atom is 0.119 e. The highest BCUT2D eigenvalue weighted by Gasteiger charge is 2.05. The summed E-state index contributed by atoms with van der Waals surface area (Å²) in [6.45, 7) is 5.00. The van der Waals surface area contributed by atoms with E-state index in [4.69, 9.17) is 4.74 Å². The van der Waals surface area contributed by atoms with Gasteiger partial charge in [-0.15, -0.1) is 0 Å². The van der Waals surface area contributed by atoms with Crippen LogP contribution in [0.1, 0.15) is 19.4 Å². The topological polar surface area (TPSA) is 41.5 Å². The highest BCUT2D eigenvalue weighted by molar-refractivity contribution is 7.98. The van der Waals surface area contributed by atoms with Crippen molar-refractivity contribution >= 4 is 11.8 Å². The summed E-state index contributed by atoms with van der Waals surface area (Å²) in [5.74, 6) is 1.95. The third-order valence-electron chi connectivity index (χ3n) is 2.72. The standard InChI is InChI=1S/C15H25NO2S/c1-12(2)16-10-14(17)11-18-15-6-4-13(5-7-15)8-9-19-3/h4-7,12,14,16-17H,8-11H2,1-3H3. The van der Waals surface area contributed by atoms with Gasteiger partial charge in [-0.1, -0.05) is 26.0 Å². The summed E-state index contributed by atoms with van der Waals surface area (Å²) in [5, 5.41) is 12.9. The number of aliphatic hydroxyl groups excluding tert-OH is 1. The van der Waals surface area contributed by atoms with Gasteiger partial charge in [-0.05, 0) is 36.1 Å². The Morgan fingerprint density at radius 1 is 1.26 bits per heavy atom. The van der Waals surface area contributed by atoms with Gasteiger partial charge >= 0.3 is 0 Å². The number of hydrogen-bond acceptors (Lipinski definition) is 4. The van der Waals surface area contributed by atoms with Crippen molar-refractivity contribution in [3.05, 3.63) is 29.8 Å². The molecular formula is C15H25NO2S. The summed E-state index contributed by atoms with van der Waals surface area (Å²) in [5.41, 5.74) is 1.32. The number of nitrogens with one attached hydrogen (secondary N) is 1. The molecule has 1 atom stereocenters. The first-order valence-electron chi connectivity index (χ1n) is 6.74. The van der Waals surface area contributed by atoms with E-state index in [-0.39, 0.29) is 0 Å². The molecule has 0 amide bonds. The molecule has 0 spiro atoms. The van der Waals surface area contributed by atoms with Crippen molar-refractivity contribution in [1.82, 2.24) is 5.32 Å². The van der Waals surface area contributed by atoms with Crippen LogP contribution in [0.15, 0.2) is 24.3 Å². The van der Waals surface area contributed by atoms with Gasteiger partial charge in [0.15, 0.2) is 0 Å². The van der Waals surface area contributed by atoms with E-state index in [0.29, 0.717) is 19.2 Å². The van der Waals surface area contributed by atoms with Crippen LogP contribution in [0, 0.1) is 0 Å². The van der Waals surface area contributed by atoms with Crippen molar-refractivity contribution in [2.45, 2.75) is 32.4 Å². The lowest BCUT2D eigenvalue weighted by molar-refractivity contribution is 0.104. The molecule has 1 aromatic carbocycles. The van der Waals surface area contributed by atoms with Crippen LogP contribution < -0.4 is 10.1 Å². The number of aliphatic hydroxyl groups is 1. The van der Waals surface area contributed by atoms with Crippen molar-refractivity contribution < 1.29 is 9.84 Å². The molecule has 0 aliphatic rings. The molecule has 3 nitrogen and oxygen atoms in total. The molecular weight excluding hydrogens is 258 g/mol. The number of benzene rings is 1. The molecule has 0 aliphatic carbocycles. The normalized spacial score (nSPS) is 12.7. The van der Waals surface area contributed by atoms with Gasteiger partial charge in [0.2, 0.25) is 0 Å². The van der Waals surface area contributed by atoms with Gasteiger partial charge in [0.1, 0.15) is 18.5 Å². The molecule has 108 valence electrons. The van der Waals surface area contributed by atoms with Gasteiger partial charge in [-0.2, -0.15) is 11.8 Å². The fourth-order valence-corrected chi connectivity index (χ4v) is 2.04. The number of thioether (sulfide) groups is 1. The van der Waals surface area contributed by atoms with Crippen molar-refractivity contribution in [3.8, 4) is 5.75 Å². The van der Waals surface area contributed by atoms with E-state index in [1.807, 2.05) is 23.9 Å². The van der Waals surface area contributed by atoms with Gasteiger partial charge < -0.3 is 15.2 Å². The summed E-state index contributed by atoms with van der Waals surface area (Å²) in [7, 11) is 0. The first-order valence-corrected chi connectivity index (χ1v) is 8.13. The lowest BCUT2D eigenvalue weighted by Crippen LogP contribution is -2.35. The molecule has 1 aromatic rings. The third kappa shape index (κ3) is 7.45. The van der Waals surface area contributed by atoms with Crippen LogP contribution in [0.25, 0.3) is 0 Å². The fraction of sp³-hybridized carbons (Fsp3) is 0.600. The third-order valence-corrected chi connectivity index (χ3v) is 3.33. The van der Waals surface area contributed by atoms with E-state index in [9.17, 15) is 5.11 Å². The number of hydrogen-bond donors (Lipinski definition) is 2. The minimum absolute atomic E-state index is 0.323. The Morgan fingerprint density at radius 2 is 1.95 bits per heavy atom. The number of aryl methyl sites for hydroxylation is 1. The first kappa shape index (κ1) is 16.3. The van der Waals surface area contributed by atoms with Crippen molar-refractivity contribution in [2.24, 2.45) is 0 Å². The van der Waals surface area contributed by atoms with Crippen molar-refractivity contribution in [3.63, 3.8) is 0 Å².